The molecule has 0 bridgehead atoms. The molecule has 6 nitrogen and oxygen atoms in total. The van der Waals surface area contributed by atoms with Crippen molar-refractivity contribution >= 4 is 21.6 Å². The number of nitrogens with one attached hydrogen (secondary N) is 1. The molecule has 1 N–H and O–H groups in total. The van der Waals surface area contributed by atoms with Gasteiger partial charge in [0.2, 0.25) is 10.0 Å². The van der Waals surface area contributed by atoms with Crippen LogP contribution in [0.15, 0.2) is 53.4 Å². The predicted octanol–water partition coefficient (Wildman–Crippen LogP) is 2.98. The van der Waals surface area contributed by atoms with Gasteiger partial charge in [-0.1, -0.05) is 12.1 Å². The van der Waals surface area contributed by atoms with E-state index in [1.54, 1.807) is 38.1 Å². The van der Waals surface area contributed by atoms with Gasteiger partial charge in [0.1, 0.15) is 5.75 Å². The van der Waals surface area contributed by atoms with E-state index in [-0.39, 0.29) is 16.8 Å². The number of methoxy groups -OCH3 is 1. The van der Waals surface area contributed by atoms with Gasteiger partial charge in [-0.15, -0.1) is 0 Å². The Morgan fingerprint density at radius 1 is 1.08 bits per heavy atom. The number of amides is 1. The van der Waals surface area contributed by atoms with Gasteiger partial charge in [-0.2, -0.15) is 4.31 Å². The fraction of sp³-hybridized carbons (Fsp3) is 0.278. The average molecular weight is 362 g/mol. The highest BCUT2D eigenvalue weighted by molar-refractivity contribution is 7.89. The molecule has 0 atom stereocenters. The maximum Gasteiger partial charge on any atom is 0.255 e. The van der Waals surface area contributed by atoms with Crippen molar-refractivity contribution in [3.05, 3.63) is 54.1 Å². The number of sulfonamides is 1. The van der Waals surface area contributed by atoms with Crippen LogP contribution >= 0.6 is 0 Å². The second-order valence-corrected chi connectivity index (χ2v) is 7.79. The molecule has 1 amide bonds. The highest BCUT2D eigenvalue weighted by Gasteiger charge is 2.23. The van der Waals surface area contributed by atoms with Gasteiger partial charge < -0.3 is 10.1 Å². The molecule has 0 fully saturated rings. The molecule has 0 radical (unpaired) electrons. The van der Waals surface area contributed by atoms with Crippen LogP contribution in [0.2, 0.25) is 0 Å². The number of para-hydroxylation sites is 2. The maximum absolute atomic E-state index is 12.4. The minimum absolute atomic E-state index is 0.151. The van der Waals surface area contributed by atoms with Crippen molar-refractivity contribution in [2.75, 3.05) is 19.5 Å². The van der Waals surface area contributed by atoms with E-state index in [0.29, 0.717) is 17.0 Å². The standard InChI is InChI=1S/C18H22N2O4S/c1-13(2)20(3)25(22,23)15-11-9-14(10-12-15)18(21)19-16-7-5-6-8-17(16)24-4/h5-13H,1-4H3,(H,19,21). The number of carbonyl (C=O) groups is 1. The van der Waals surface area contributed by atoms with Crippen LogP contribution in [0.3, 0.4) is 0 Å². The van der Waals surface area contributed by atoms with Crippen molar-refractivity contribution in [2.45, 2.75) is 24.8 Å². The number of ether oxygens (including phenoxy) is 1. The van der Waals surface area contributed by atoms with Crippen LogP contribution < -0.4 is 10.1 Å². The molecule has 2 aromatic rings. The molecule has 0 saturated carbocycles. The Balaban J connectivity index is 2.21. The monoisotopic (exact) mass is 362 g/mol. The van der Waals surface area contributed by atoms with E-state index in [1.807, 2.05) is 0 Å². The Kier molecular flexibility index (Phi) is 5.81. The van der Waals surface area contributed by atoms with Gasteiger partial charge in [0.25, 0.3) is 5.91 Å². The Morgan fingerprint density at radius 3 is 2.24 bits per heavy atom. The molecule has 0 heterocycles. The highest BCUT2D eigenvalue weighted by Crippen LogP contribution is 2.24. The molecule has 0 saturated heterocycles. The summed E-state index contributed by atoms with van der Waals surface area (Å²) >= 11 is 0. The third-order valence-electron chi connectivity index (χ3n) is 3.88. The fourth-order valence-electron chi connectivity index (χ4n) is 2.16. The number of hydrogen-bond acceptors (Lipinski definition) is 4. The molecule has 0 aliphatic rings. The molecule has 0 aliphatic heterocycles. The van der Waals surface area contributed by atoms with Crippen LogP contribution in [-0.2, 0) is 10.0 Å². The van der Waals surface area contributed by atoms with E-state index in [4.69, 9.17) is 4.74 Å². The Labute approximate surface area is 148 Å². The van der Waals surface area contributed by atoms with Gasteiger partial charge in [0, 0.05) is 18.7 Å². The van der Waals surface area contributed by atoms with Crippen LogP contribution in [0.5, 0.6) is 5.75 Å². The topological polar surface area (TPSA) is 75.7 Å². The summed E-state index contributed by atoms with van der Waals surface area (Å²) in [6, 6.07) is 12.8. The van der Waals surface area contributed by atoms with Crippen molar-refractivity contribution in [1.29, 1.82) is 0 Å². The normalized spacial score (nSPS) is 11.6. The van der Waals surface area contributed by atoms with E-state index in [2.05, 4.69) is 5.32 Å². The van der Waals surface area contributed by atoms with Crippen molar-refractivity contribution in [1.82, 2.24) is 4.31 Å². The van der Waals surface area contributed by atoms with Crippen molar-refractivity contribution in [2.24, 2.45) is 0 Å². The number of benzene rings is 2. The lowest BCUT2D eigenvalue weighted by Crippen LogP contribution is -2.33. The van der Waals surface area contributed by atoms with Crippen LogP contribution in [0.4, 0.5) is 5.69 Å². The SMILES string of the molecule is COc1ccccc1NC(=O)c1ccc(S(=O)(=O)N(C)C(C)C)cc1. The zero-order chi connectivity index (χ0) is 18.6. The lowest BCUT2D eigenvalue weighted by molar-refractivity contribution is 0.102. The maximum atomic E-state index is 12.4. The second kappa shape index (κ2) is 7.67. The van der Waals surface area contributed by atoms with Crippen LogP contribution in [-0.4, -0.2) is 38.8 Å². The Hall–Kier alpha value is -2.38. The molecule has 2 aromatic carbocycles. The van der Waals surface area contributed by atoms with E-state index < -0.39 is 10.0 Å². The molecular formula is C18H22N2O4S. The quantitative estimate of drug-likeness (QED) is 0.857. The number of hydrogen-bond donors (Lipinski definition) is 1. The molecule has 2 rings (SSSR count). The number of nitrogens with zero attached hydrogens (tertiary/aromatic N) is 1. The number of carbonyl (C=O) groups excluding carboxylic acids is 1. The average Bonchev–Trinajstić information content (AvgIpc) is 2.61. The predicted molar refractivity (Wildman–Crippen MR) is 97.5 cm³/mol. The largest absolute Gasteiger partial charge is 0.495 e. The summed E-state index contributed by atoms with van der Waals surface area (Å²) in [5.41, 5.74) is 0.906. The molecule has 25 heavy (non-hydrogen) atoms. The molecule has 7 heteroatoms. The minimum atomic E-state index is -3.57. The summed E-state index contributed by atoms with van der Waals surface area (Å²) < 4.78 is 31.4. The van der Waals surface area contributed by atoms with Crippen LogP contribution in [0.25, 0.3) is 0 Å². The molecule has 134 valence electrons. The molecule has 0 spiro atoms. The first-order valence-electron chi connectivity index (χ1n) is 7.80. The summed E-state index contributed by atoms with van der Waals surface area (Å²) in [6.07, 6.45) is 0. The smallest absolute Gasteiger partial charge is 0.255 e. The molecule has 0 unspecified atom stereocenters. The van der Waals surface area contributed by atoms with Gasteiger partial charge in [-0.25, -0.2) is 8.42 Å². The van der Waals surface area contributed by atoms with Crippen molar-refractivity contribution in [3.8, 4) is 5.75 Å². The molecule has 0 aliphatic carbocycles. The van der Waals surface area contributed by atoms with Crippen molar-refractivity contribution < 1.29 is 17.9 Å². The van der Waals surface area contributed by atoms with Gasteiger partial charge in [0.15, 0.2) is 0 Å². The first-order valence-corrected chi connectivity index (χ1v) is 9.24. The summed E-state index contributed by atoms with van der Waals surface area (Å²) in [7, 11) is -0.515. The van der Waals surface area contributed by atoms with Crippen LogP contribution in [0, 0.1) is 0 Å². The first-order chi connectivity index (χ1) is 11.8. The minimum Gasteiger partial charge on any atom is -0.495 e. The Bertz CT molecular complexity index is 846. The third kappa shape index (κ3) is 4.18. The summed E-state index contributed by atoms with van der Waals surface area (Å²) in [6.45, 7) is 3.60. The van der Waals surface area contributed by atoms with E-state index in [9.17, 15) is 13.2 Å². The summed E-state index contributed by atoms with van der Waals surface area (Å²) in [5, 5.41) is 2.75. The van der Waals surface area contributed by atoms with E-state index in [0.717, 1.165) is 0 Å². The zero-order valence-corrected chi connectivity index (χ0v) is 15.5. The highest BCUT2D eigenvalue weighted by atomic mass is 32.2. The second-order valence-electron chi connectivity index (χ2n) is 5.79. The van der Waals surface area contributed by atoms with Gasteiger partial charge in [0.05, 0.1) is 17.7 Å². The van der Waals surface area contributed by atoms with Crippen LogP contribution in [0.1, 0.15) is 24.2 Å². The van der Waals surface area contributed by atoms with E-state index in [1.165, 1.54) is 42.7 Å². The summed E-state index contributed by atoms with van der Waals surface area (Å²) in [4.78, 5) is 12.5. The lowest BCUT2D eigenvalue weighted by Gasteiger charge is -2.21. The lowest BCUT2D eigenvalue weighted by atomic mass is 10.2. The molecule has 0 aromatic heterocycles. The molecular weight excluding hydrogens is 340 g/mol. The number of rotatable bonds is 6. The van der Waals surface area contributed by atoms with Gasteiger partial charge in [-0.3, -0.25) is 4.79 Å². The number of anilines is 1. The fourth-order valence-corrected chi connectivity index (χ4v) is 3.53. The van der Waals surface area contributed by atoms with Gasteiger partial charge in [-0.05, 0) is 50.2 Å². The first kappa shape index (κ1) is 19.0. The zero-order valence-electron chi connectivity index (χ0n) is 14.7. The Morgan fingerprint density at radius 2 is 1.68 bits per heavy atom. The summed E-state index contributed by atoms with van der Waals surface area (Å²) in [5.74, 6) is 0.208. The van der Waals surface area contributed by atoms with Crippen molar-refractivity contribution in [3.63, 3.8) is 0 Å². The van der Waals surface area contributed by atoms with Gasteiger partial charge >= 0.3 is 0 Å². The third-order valence-corrected chi connectivity index (χ3v) is 5.92. The van der Waals surface area contributed by atoms with E-state index >= 15 is 0 Å².